The number of methoxy groups -OCH3 is 1. The Balaban J connectivity index is 2.06. The van der Waals surface area contributed by atoms with Gasteiger partial charge < -0.3 is 14.7 Å². The molecule has 1 aliphatic heterocycles. The van der Waals surface area contributed by atoms with Gasteiger partial charge in [0.05, 0.1) is 17.1 Å². The van der Waals surface area contributed by atoms with Crippen LogP contribution in [0.4, 0.5) is 5.13 Å². The molecule has 1 aromatic rings. The third kappa shape index (κ3) is 2.78. The van der Waals surface area contributed by atoms with Gasteiger partial charge >= 0.3 is 0 Å². The van der Waals surface area contributed by atoms with Crippen LogP contribution in [0.5, 0.6) is 0 Å². The first-order valence-electron chi connectivity index (χ1n) is 6.03. The average Bonchev–Trinajstić information content (AvgIpc) is 2.79. The van der Waals surface area contributed by atoms with E-state index in [9.17, 15) is 5.11 Å². The minimum absolute atomic E-state index is 0.280. The largest absolute Gasteiger partial charge is 0.388 e. The summed E-state index contributed by atoms with van der Waals surface area (Å²) in [6.45, 7) is 5.92. The summed E-state index contributed by atoms with van der Waals surface area (Å²) in [5.74, 6) is 0.604. The van der Waals surface area contributed by atoms with Crippen LogP contribution in [-0.4, -0.2) is 36.4 Å². The number of hydrogen-bond acceptors (Lipinski definition) is 5. The molecule has 96 valence electrons. The maximum Gasteiger partial charge on any atom is 0.185 e. The second-order valence-electron chi connectivity index (χ2n) is 4.71. The first-order valence-corrected chi connectivity index (χ1v) is 6.85. The minimum Gasteiger partial charge on any atom is -0.388 e. The van der Waals surface area contributed by atoms with Crippen molar-refractivity contribution in [1.82, 2.24) is 4.98 Å². The Morgan fingerprint density at radius 3 is 3.00 bits per heavy atom. The molecule has 4 nitrogen and oxygen atoms in total. The molecule has 0 bridgehead atoms. The molecule has 3 atom stereocenters. The lowest BCUT2D eigenvalue weighted by Crippen LogP contribution is -2.43. The Morgan fingerprint density at radius 1 is 1.65 bits per heavy atom. The molecule has 3 unspecified atom stereocenters. The third-order valence-corrected chi connectivity index (χ3v) is 4.61. The molecule has 1 aromatic heterocycles. The van der Waals surface area contributed by atoms with Crippen molar-refractivity contribution in [2.45, 2.75) is 32.5 Å². The van der Waals surface area contributed by atoms with Crippen LogP contribution in [0.1, 0.15) is 31.2 Å². The number of nitrogens with zero attached hydrogens (tertiary/aromatic N) is 2. The molecule has 1 saturated heterocycles. The van der Waals surface area contributed by atoms with E-state index in [2.05, 4.69) is 16.8 Å². The number of aromatic nitrogens is 1. The van der Waals surface area contributed by atoms with Gasteiger partial charge in [-0.05, 0) is 19.3 Å². The highest BCUT2D eigenvalue weighted by Gasteiger charge is 2.27. The van der Waals surface area contributed by atoms with E-state index in [4.69, 9.17) is 4.74 Å². The number of aliphatic hydroxyl groups excluding tert-OH is 1. The zero-order valence-corrected chi connectivity index (χ0v) is 11.4. The molecule has 5 heteroatoms. The first kappa shape index (κ1) is 12.8. The highest BCUT2D eigenvalue weighted by Crippen LogP contribution is 2.30. The van der Waals surface area contributed by atoms with Crippen LogP contribution in [0, 0.1) is 5.92 Å². The van der Waals surface area contributed by atoms with Crippen molar-refractivity contribution in [3.63, 3.8) is 0 Å². The van der Waals surface area contributed by atoms with Crippen LogP contribution in [-0.2, 0) is 4.74 Å². The number of thiazole rings is 1. The van der Waals surface area contributed by atoms with Gasteiger partial charge in [0, 0.05) is 26.4 Å². The fourth-order valence-corrected chi connectivity index (χ4v) is 3.02. The second kappa shape index (κ2) is 5.33. The Hall–Kier alpha value is -0.650. The van der Waals surface area contributed by atoms with Crippen molar-refractivity contribution in [2.24, 2.45) is 5.92 Å². The predicted octanol–water partition coefficient (Wildman–Crippen LogP) is 2.06. The van der Waals surface area contributed by atoms with Gasteiger partial charge in [-0.25, -0.2) is 4.98 Å². The number of hydrogen-bond donors (Lipinski definition) is 1. The van der Waals surface area contributed by atoms with Gasteiger partial charge in [-0.1, -0.05) is 18.3 Å². The lowest BCUT2D eigenvalue weighted by molar-refractivity contribution is 0.0498. The molecule has 1 fully saturated rings. The quantitative estimate of drug-likeness (QED) is 0.899. The molecule has 1 aliphatic rings. The van der Waals surface area contributed by atoms with Gasteiger partial charge in [-0.15, -0.1) is 0 Å². The van der Waals surface area contributed by atoms with Gasteiger partial charge in [-0.2, -0.15) is 0 Å². The normalized spacial score (nSPS) is 27.2. The van der Waals surface area contributed by atoms with Crippen LogP contribution in [0.3, 0.4) is 0 Å². The number of ether oxygens (including phenoxy) is 1. The number of aliphatic hydroxyl groups is 1. The molecule has 0 amide bonds. The van der Waals surface area contributed by atoms with E-state index in [-0.39, 0.29) is 6.10 Å². The van der Waals surface area contributed by atoms with Gasteiger partial charge in [0.25, 0.3) is 0 Å². The number of piperidine rings is 1. The topological polar surface area (TPSA) is 45.6 Å². The van der Waals surface area contributed by atoms with Gasteiger partial charge in [0.15, 0.2) is 5.13 Å². The van der Waals surface area contributed by atoms with Crippen molar-refractivity contribution in [3.8, 4) is 0 Å². The highest BCUT2D eigenvalue weighted by molar-refractivity contribution is 7.15. The van der Waals surface area contributed by atoms with Crippen molar-refractivity contribution in [3.05, 3.63) is 11.1 Å². The lowest BCUT2D eigenvalue weighted by atomic mass is 9.96. The fraction of sp³-hybridized carbons (Fsp3) is 0.750. The van der Waals surface area contributed by atoms with E-state index >= 15 is 0 Å². The average molecular weight is 256 g/mol. The molecule has 2 rings (SSSR count). The molecule has 0 aliphatic carbocycles. The first-order chi connectivity index (χ1) is 8.11. The summed E-state index contributed by atoms with van der Waals surface area (Å²) in [4.78, 5) is 7.56. The molecule has 0 saturated carbocycles. The van der Waals surface area contributed by atoms with Crippen LogP contribution in [0.25, 0.3) is 0 Å². The highest BCUT2D eigenvalue weighted by atomic mass is 32.1. The van der Waals surface area contributed by atoms with E-state index < -0.39 is 6.10 Å². The van der Waals surface area contributed by atoms with E-state index in [0.29, 0.717) is 5.92 Å². The third-order valence-electron chi connectivity index (χ3n) is 3.39. The van der Waals surface area contributed by atoms with Crippen LogP contribution in [0.15, 0.2) is 6.20 Å². The molecule has 0 spiro atoms. The summed E-state index contributed by atoms with van der Waals surface area (Å²) in [6, 6.07) is 0. The number of rotatable bonds is 3. The van der Waals surface area contributed by atoms with Gasteiger partial charge in [0.2, 0.25) is 0 Å². The fourth-order valence-electron chi connectivity index (χ4n) is 2.13. The smallest absolute Gasteiger partial charge is 0.185 e. The summed E-state index contributed by atoms with van der Waals surface area (Å²) < 4.78 is 5.50. The Kier molecular flexibility index (Phi) is 4.01. The van der Waals surface area contributed by atoms with E-state index in [0.717, 1.165) is 29.5 Å². The van der Waals surface area contributed by atoms with Crippen molar-refractivity contribution < 1.29 is 9.84 Å². The van der Waals surface area contributed by atoms with E-state index in [1.54, 1.807) is 31.6 Å². The molecular formula is C12H20N2O2S. The molecule has 1 N–H and O–H groups in total. The Bertz CT molecular complexity index is 367. The summed E-state index contributed by atoms with van der Waals surface area (Å²) in [7, 11) is 1.77. The minimum atomic E-state index is -0.428. The standard InChI is InChI=1S/C12H20N2O2S/c1-8-4-5-14(7-10(8)16-3)12-13-6-11(17-12)9(2)15/h6,8-10,15H,4-5,7H2,1-3H3. The van der Waals surface area contributed by atoms with Crippen molar-refractivity contribution in [1.29, 1.82) is 0 Å². The van der Waals surface area contributed by atoms with Crippen molar-refractivity contribution >= 4 is 16.5 Å². The van der Waals surface area contributed by atoms with Crippen LogP contribution < -0.4 is 4.90 Å². The lowest BCUT2D eigenvalue weighted by Gasteiger charge is -2.36. The predicted molar refractivity (Wildman–Crippen MR) is 69.5 cm³/mol. The van der Waals surface area contributed by atoms with Gasteiger partial charge in [-0.3, -0.25) is 0 Å². The summed E-state index contributed by atoms with van der Waals surface area (Å²) in [5, 5.41) is 10.5. The monoisotopic (exact) mass is 256 g/mol. The second-order valence-corrected chi connectivity index (χ2v) is 5.75. The maximum absolute atomic E-state index is 9.50. The zero-order valence-electron chi connectivity index (χ0n) is 10.6. The molecular weight excluding hydrogens is 236 g/mol. The summed E-state index contributed by atoms with van der Waals surface area (Å²) in [5.41, 5.74) is 0. The Labute approximate surface area is 106 Å². The van der Waals surface area contributed by atoms with Crippen molar-refractivity contribution in [2.75, 3.05) is 25.1 Å². The van der Waals surface area contributed by atoms with Crippen LogP contribution in [0.2, 0.25) is 0 Å². The maximum atomic E-state index is 9.50. The molecule has 17 heavy (non-hydrogen) atoms. The Morgan fingerprint density at radius 2 is 2.41 bits per heavy atom. The molecule has 0 aromatic carbocycles. The summed E-state index contributed by atoms with van der Waals surface area (Å²) in [6.07, 6.45) is 2.75. The van der Waals surface area contributed by atoms with Gasteiger partial charge in [0.1, 0.15) is 0 Å². The molecule has 2 heterocycles. The summed E-state index contributed by atoms with van der Waals surface area (Å²) >= 11 is 1.57. The number of anilines is 1. The van der Waals surface area contributed by atoms with E-state index in [1.807, 2.05) is 0 Å². The van der Waals surface area contributed by atoms with Crippen LogP contribution >= 0.6 is 11.3 Å². The zero-order chi connectivity index (χ0) is 12.4. The SMILES string of the molecule is COC1CN(c2ncc(C(C)O)s2)CCC1C. The van der Waals surface area contributed by atoms with E-state index in [1.165, 1.54) is 0 Å². The molecule has 0 radical (unpaired) electrons.